The first kappa shape index (κ1) is 29.0. The predicted octanol–water partition coefficient (Wildman–Crippen LogP) is 4.64. The molecule has 10 heteroatoms. The molecule has 0 radical (unpaired) electrons. The third-order valence-electron chi connectivity index (χ3n) is 6.11. The van der Waals surface area contributed by atoms with E-state index in [1.165, 1.54) is 0 Å². The zero-order valence-electron chi connectivity index (χ0n) is 20.8. The zero-order valence-corrected chi connectivity index (χ0v) is 23.1. The van der Waals surface area contributed by atoms with Crippen molar-refractivity contribution in [3.05, 3.63) is 63.1 Å². The van der Waals surface area contributed by atoms with Crippen molar-refractivity contribution in [1.29, 1.82) is 0 Å². The molecule has 36 heavy (non-hydrogen) atoms. The van der Waals surface area contributed by atoms with Gasteiger partial charge in [-0.1, -0.05) is 42.3 Å². The number of ketones is 1. The topological polar surface area (TPSA) is 84.9 Å². The lowest BCUT2D eigenvalue weighted by molar-refractivity contribution is -0.119. The number of nitrogens with one attached hydrogen (secondary N) is 1. The lowest BCUT2D eigenvalue weighted by Gasteiger charge is -2.33. The Kier molecular flexibility index (Phi) is 11.2. The summed E-state index contributed by atoms with van der Waals surface area (Å²) in [6, 6.07) is 10.7. The van der Waals surface area contributed by atoms with Crippen LogP contribution in [-0.4, -0.2) is 65.7 Å². The van der Waals surface area contributed by atoms with E-state index in [1.54, 1.807) is 24.3 Å². The van der Waals surface area contributed by atoms with Crippen LogP contribution < -0.4 is 4.72 Å². The van der Waals surface area contributed by atoms with E-state index in [9.17, 15) is 13.2 Å². The molecule has 0 saturated heterocycles. The first-order valence-corrected chi connectivity index (χ1v) is 14.4. The molecule has 0 bridgehead atoms. The van der Waals surface area contributed by atoms with E-state index >= 15 is 0 Å². The summed E-state index contributed by atoms with van der Waals surface area (Å²) in [7, 11) is -1.69. The minimum absolute atomic E-state index is 0.0477. The van der Waals surface area contributed by atoms with Gasteiger partial charge in [0.15, 0.2) is 0 Å². The van der Waals surface area contributed by atoms with Crippen LogP contribution in [0.1, 0.15) is 48.8 Å². The van der Waals surface area contributed by atoms with Gasteiger partial charge in [0.25, 0.3) is 0 Å². The molecule has 7 nitrogen and oxygen atoms in total. The molecular formula is C26H34Cl2N2O5S. The Morgan fingerprint density at radius 3 is 2.61 bits per heavy atom. The van der Waals surface area contributed by atoms with E-state index < -0.39 is 10.0 Å². The quantitative estimate of drug-likeness (QED) is 0.341. The number of sulfonamides is 1. The van der Waals surface area contributed by atoms with Crippen molar-refractivity contribution in [2.45, 2.75) is 43.5 Å². The maximum atomic E-state index is 12.9. The average Bonchev–Trinajstić information content (AvgIpc) is 2.85. The van der Waals surface area contributed by atoms with E-state index in [-0.39, 0.29) is 29.7 Å². The molecule has 0 fully saturated rings. The Balaban J connectivity index is 1.52. The van der Waals surface area contributed by atoms with E-state index in [2.05, 4.69) is 9.62 Å². The number of likely N-dealkylation sites (N-methyl/N-ethyl adjacent to an activating group) is 1. The molecule has 0 saturated carbocycles. The van der Waals surface area contributed by atoms with Gasteiger partial charge in [0.1, 0.15) is 5.78 Å². The Morgan fingerprint density at radius 1 is 1.11 bits per heavy atom. The van der Waals surface area contributed by atoms with Gasteiger partial charge in [-0.2, -0.15) is 0 Å². The highest BCUT2D eigenvalue weighted by Crippen LogP contribution is 2.38. The van der Waals surface area contributed by atoms with Gasteiger partial charge in [0, 0.05) is 55.0 Å². The van der Waals surface area contributed by atoms with E-state index in [0.717, 1.165) is 23.2 Å². The maximum Gasteiger partial charge on any atom is 0.240 e. The number of carbonyl (C=O) groups excluding carboxylic acids is 1. The van der Waals surface area contributed by atoms with Gasteiger partial charge in [-0.25, -0.2) is 13.1 Å². The fraction of sp³-hybridized carbons (Fsp3) is 0.500. The molecule has 1 aliphatic heterocycles. The van der Waals surface area contributed by atoms with Crippen LogP contribution in [0.5, 0.6) is 0 Å². The van der Waals surface area contributed by atoms with Gasteiger partial charge in [-0.3, -0.25) is 4.79 Å². The number of halogens is 2. The van der Waals surface area contributed by atoms with E-state index in [0.29, 0.717) is 55.7 Å². The molecule has 1 N–H and O–H groups in total. The number of benzene rings is 2. The molecule has 198 valence electrons. The highest BCUT2D eigenvalue weighted by Gasteiger charge is 2.28. The summed E-state index contributed by atoms with van der Waals surface area (Å²) in [5.41, 5.74) is 2.93. The van der Waals surface area contributed by atoms with Crippen LogP contribution in [0.25, 0.3) is 0 Å². The van der Waals surface area contributed by atoms with E-state index in [4.69, 9.17) is 32.7 Å². The second-order valence-electron chi connectivity index (χ2n) is 8.90. The third-order valence-corrected chi connectivity index (χ3v) is 8.13. The Hall–Kier alpha value is -1.52. The molecule has 0 amide bonds. The highest BCUT2D eigenvalue weighted by molar-refractivity contribution is 7.89. The Morgan fingerprint density at radius 2 is 1.86 bits per heavy atom. The number of hydrogen-bond acceptors (Lipinski definition) is 6. The Labute approximate surface area is 224 Å². The minimum Gasteiger partial charge on any atom is -0.379 e. The van der Waals surface area contributed by atoms with Gasteiger partial charge < -0.3 is 14.4 Å². The van der Waals surface area contributed by atoms with E-state index in [1.807, 2.05) is 26.1 Å². The van der Waals surface area contributed by atoms with Crippen molar-refractivity contribution in [1.82, 2.24) is 9.62 Å². The summed E-state index contributed by atoms with van der Waals surface area (Å²) in [6.45, 7) is 4.95. The summed E-state index contributed by atoms with van der Waals surface area (Å²) in [6.07, 6.45) is 1.79. The van der Waals surface area contributed by atoms with Crippen molar-refractivity contribution >= 4 is 39.0 Å². The summed E-state index contributed by atoms with van der Waals surface area (Å²) in [5, 5.41) is 1.19. The lowest BCUT2D eigenvalue weighted by Crippen LogP contribution is -2.31. The van der Waals surface area contributed by atoms with Crippen LogP contribution in [0.4, 0.5) is 0 Å². The molecule has 2 aromatic carbocycles. The first-order chi connectivity index (χ1) is 17.2. The lowest BCUT2D eigenvalue weighted by atomic mass is 9.85. The smallest absolute Gasteiger partial charge is 0.240 e. The summed E-state index contributed by atoms with van der Waals surface area (Å²) >= 11 is 12.7. The van der Waals surface area contributed by atoms with Crippen LogP contribution in [0.15, 0.2) is 41.3 Å². The number of nitrogens with zero attached hydrogens (tertiary/aromatic N) is 1. The molecule has 2 aromatic rings. The summed E-state index contributed by atoms with van der Waals surface area (Å²) < 4.78 is 39.3. The molecule has 1 aliphatic rings. The predicted molar refractivity (Wildman–Crippen MR) is 142 cm³/mol. The standard InChI is InChI=1S/C26H34Cl2N2O5S/c1-3-21(31)7-5-10-34-12-13-35-11-9-29-36(32,33)22-8-4-6-19(14-22)24-17-30(2)18-25-23(24)15-20(27)16-26(25)28/h4,6,8,14-16,24,29H,3,5,7,9-13,17-18H2,1-2H3/t24-/m0/s1. The van der Waals surface area contributed by atoms with Gasteiger partial charge in [-0.15, -0.1) is 0 Å². The molecule has 3 rings (SSSR count). The number of carbonyl (C=O) groups is 1. The average molecular weight is 558 g/mol. The number of hydrogen-bond donors (Lipinski definition) is 1. The third kappa shape index (κ3) is 8.25. The molecule has 1 atom stereocenters. The monoisotopic (exact) mass is 556 g/mol. The maximum absolute atomic E-state index is 12.9. The second kappa shape index (κ2) is 13.9. The minimum atomic E-state index is -3.70. The fourth-order valence-electron chi connectivity index (χ4n) is 4.23. The van der Waals surface area contributed by atoms with Crippen molar-refractivity contribution in [2.75, 3.05) is 46.6 Å². The molecule has 0 spiro atoms. The van der Waals surface area contributed by atoms with Gasteiger partial charge >= 0.3 is 0 Å². The molecule has 0 aliphatic carbocycles. The van der Waals surface area contributed by atoms with Crippen LogP contribution in [0.2, 0.25) is 10.0 Å². The van der Waals surface area contributed by atoms with Crippen molar-refractivity contribution in [3.8, 4) is 0 Å². The molecule has 1 heterocycles. The molecular weight excluding hydrogens is 523 g/mol. The van der Waals surface area contributed by atoms with Crippen molar-refractivity contribution < 1.29 is 22.7 Å². The van der Waals surface area contributed by atoms with Crippen LogP contribution >= 0.6 is 23.2 Å². The van der Waals surface area contributed by atoms with Crippen LogP contribution in [0.3, 0.4) is 0 Å². The number of rotatable bonds is 14. The highest BCUT2D eigenvalue weighted by atomic mass is 35.5. The summed E-state index contributed by atoms with van der Waals surface area (Å²) in [4.78, 5) is 13.6. The number of Topliss-reactive ketones (excluding diaryl/α,β-unsaturated/α-hetero) is 1. The second-order valence-corrected chi connectivity index (χ2v) is 11.5. The van der Waals surface area contributed by atoms with Crippen LogP contribution in [0, 0.1) is 0 Å². The van der Waals surface area contributed by atoms with Gasteiger partial charge in [-0.05, 0) is 54.4 Å². The molecule has 0 unspecified atom stereocenters. The normalized spacial score (nSPS) is 16.2. The van der Waals surface area contributed by atoms with Crippen LogP contribution in [-0.2, 0) is 30.8 Å². The number of fused-ring (bicyclic) bond motifs is 1. The largest absolute Gasteiger partial charge is 0.379 e. The Bertz CT molecular complexity index is 1140. The fourth-order valence-corrected chi connectivity index (χ4v) is 5.87. The van der Waals surface area contributed by atoms with Gasteiger partial charge in [0.05, 0.1) is 24.7 Å². The SMILES string of the molecule is CCC(=O)CCCOCCOCCNS(=O)(=O)c1cccc([C@@H]2CN(C)Cc3c(Cl)cc(Cl)cc32)c1. The zero-order chi connectivity index (χ0) is 26.1. The van der Waals surface area contributed by atoms with Crippen molar-refractivity contribution in [3.63, 3.8) is 0 Å². The van der Waals surface area contributed by atoms with Gasteiger partial charge in [0.2, 0.25) is 10.0 Å². The summed E-state index contributed by atoms with van der Waals surface area (Å²) in [5.74, 6) is 0.186. The first-order valence-electron chi connectivity index (χ1n) is 12.1. The molecule has 0 aromatic heterocycles. The number of ether oxygens (including phenoxy) is 2. The van der Waals surface area contributed by atoms with Crippen molar-refractivity contribution in [2.24, 2.45) is 0 Å².